The SMILES string of the molecule is C[C@@H](CNC(=O)[C@H](O)C(C)(C)CO)CC(=O)c1cccc(Cl)c1. The average Bonchev–Trinajstić information content (AvgIpc) is 2.51. The van der Waals surface area contributed by atoms with E-state index in [1.807, 2.05) is 6.92 Å². The first-order valence-electron chi connectivity index (χ1n) is 7.52. The van der Waals surface area contributed by atoms with Crippen LogP contribution in [0, 0.1) is 11.3 Å². The number of halogens is 1. The highest BCUT2D eigenvalue weighted by Crippen LogP contribution is 2.20. The summed E-state index contributed by atoms with van der Waals surface area (Å²) in [6.45, 7) is 5.01. The second kappa shape index (κ2) is 8.43. The molecule has 1 rings (SSSR count). The van der Waals surface area contributed by atoms with E-state index in [1.165, 1.54) is 0 Å². The van der Waals surface area contributed by atoms with Gasteiger partial charge in [-0.25, -0.2) is 0 Å². The smallest absolute Gasteiger partial charge is 0.249 e. The molecule has 3 N–H and O–H groups in total. The monoisotopic (exact) mass is 341 g/mol. The van der Waals surface area contributed by atoms with Crippen LogP contribution in [0.2, 0.25) is 5.02 Å². The third-order valence-electron chi connectivity index (χ3n) is 3.70. The van der Waals surface area contributed by atoms with Crippen molar-refractivity contribution in [1.82, 2.24) is 5.32 Å². The number of benzene rings is 1. The Hall–Kier alpha value is -1.43. The molecular weight excluding hydrogens is 318 g/mol. The van der Waals surface area contributed by atoms with Crippen molar-refractivity contribution in [3.63, 3.8) is 0 Å². The van der Waals surface area contributed by atoms with Crippen LogP contribution in [0.15, 0.2) is 24.3 Å². The summed E-state index contributed by atoms with van der Waals surface area (Å²) in [6.07, 6.45) is -1.04. The number of aliphatic hydroxyl groups is 2. The molecule has 2 atom stereocenters. The summed E-state index contributed by atoms with van der Waals surface area (Å²) in [5, 5.41) is 22.2. The fourth-order valence-corrected chi connectivity index (χ4v) is 2.17. The van der Waals surface area contributed by atoms with Crippen LogP contribution >= 0.6 is 11.6 Å². The van der Waals surface area contributed by atoms with Crippen molar-refractivity contribution in [3.05, 3.63) is 34.9 Å². The Morgan fingerprint density at radius 3 is 2.57 bits per heavy atom. The summed E-state index contributed by atoms with van der Waals surface area (Å²) in [5.41, 5.74) is -0.374. The van der Waals surface area contributed by atoms with E-state index in [-0.39, 0.29) is 31.3 Å². The van der Waals surface area contributed by atoms with Crippen molar-refractivity contribution in [2.75, 3.05) is 13.2 Å². The van der Waals surface area contributed by atoms with Crippen molar-refractivity contribution in [2.24, 2.45) is 11.3 Å². The number of ketones is 1. The fraction of sp³-hybridized carbons (Fsp3) is 0.529. The number of aliphatic hydroxyl groups excluding tert-OH is 2. The molecule has 5 nitrogen and oxygen atoms in total. The molecule has 1 aromatic rings. The van der Waals surface area contributed by atoms with Gasteiger partial charge in [-0.3, -0.25) is 9.59 Å². The standard InChI is InChI=1S/C17H24ClNO4/c1-11(7-14(21)12-5-4-6-13(18)8-12)9-19-16(23)15(22)17(2,3)10-20/h4-6,8,11,15,20,22H,7,9-10H2,1-3H3,(H,19,23)/t11-,15+/m1/s1. The predicted octanol–water partition coefficient (Wildman–Crippen LogP) is 2.04. The molecule has 0 saturated carbocycles. The molecule has 0 spiro atoms. The van der Waals surface area contributed by atoms with Crippen LogP contribution < -0.4 is 5.32 Å². The summed E-state index contributed by atoms with van der Waals surface area (Å²) in [6, 6.07) is 6.73. The van der Waals surface area contributed by atoms with Gasteiger partial charge in [0.25, 0.3) is 0 Å². The van der Waals surface area contributed by atoms with Crippen molar-refractivity contribution in [1.29, 1.82) is 0 Å². The quantitative estimate of drug-likeness (QED) is 0.631. The largest absolute Gasteiger partial charge is 0.396 e. The Kier molecular flexibility index (Phi) is 7.19. The van der Waals surface area contributed by atoms with E-state index in [0.717, 1.165) is 0 Å². The lowest BCUT2D eigenvalue weighted by molar-refractivity contribution is -0.137. The maximum atomic E-state index is 12.1. The highest BCUT2D eigenvalue weighted by atomic mass is 35.5. The zero-order valence-corrected chi connectivity index (χ0v) is 14.4. The summed E-state index contributed by atoms with van der Waals surface area (Å²) in [7, 11) is 0. The van der Waals surface area contributed by atoms with Gasteiger partial charge in [0, 0.05) is 29.0 Å². The van der Waals surface area contributed by atoms with Gasteiger partial charge in [0.1, 0.15) is 6.10 Å². The number of hydrogen-bond acceptors (Lipinski definition) is 4. The number of carbonyl (C=O) groups is 2. The molecule has 0 fully saturated rings. The van der Waals surface area contributed by atoms with Gasteiger partial charge in [0.2, 0.25) is 5.91 Å². The molecule has 1 aromatic carbocycles. The molecule has 0 bridgehead atoms. The molecule has 1 amide bonds. The molecule has 6 heteroatoms. The zero-order valence-electron chi connectivity index (χ0n) is 13.7. The molecular formula is C17H24ClNO4. The Bertz CT molecular complexity index is 559. The second-order valence-electron chi connectivity index (χ2n) is 6.54. The molecule has 23 heavy (non-hydrogen) atoms. The zero-order chi connectivity index (χ0) is 17.6. The van der Waals surface area contributed by atoms with E-state index in [1.54, 1.807) is 38.1 Å². The van der Waals surface area contributed by atoms with Gasteiger partial charge in [-0.1, -0.05) is 44.5 Å². The highest BCUT2D eigenvalue weighted by Gasteiger charge is 2.32. The van der Waals surface area contributed by atoms with Crippen LogP contribution in [0.4, 0.5) is 0 Å². The molecule has 128 valence electrons. The number of carbonyl (C=O) groups excluding carboxylic acids is 2. The molecule has 0 unspecified atom stereocenters. The van der Waals surface area contributed by atoms with Gasteiger partial charge in [0.15, 0.2) is 5.78 Å². The van der Waals surface area contributed by atoms with Gasteiger partial charge < -0.3 is 15.5 Å². The highest BCUT2D eigenvalue weighted by molar-refractivity contribution is 6.31. The minimum Gasteiger partial charge on any atom is -0.396 e. The van der Waals surface area contributed by atoms with Gasteiger partial charge in [0.05, 0.1) is 6.61 Å². The second-order valence-corrected chi connectivity index (χ2v) is 6.97. The van der Waals surface area contributed by atoms with Crippen molar-refractivity contribution >= 4 is 23.3 Å². The van der Waals surface area contributed by atoms with Gasteiger partial charge in [-0.2, -0.15) is 0 Å². The summed E-state index contributed by atoms with van der Waals surface area (Å²) in [5.74, 6) is -0.688. The van der Waals surface area contributed by atoms with Crippen LogP contribution in [-0.4, -0.2) is 41.2 Å². The molecule has 0 heterocycles. The summed E-state index contributed by atoms with van der Waals surface area (Å²) >= 11 is 5.86. The van der Waals surface area contributed by atoms with Crippen LogP contribution in [0.25, 0.3) is 0 Å². The molecule has 0 radical (unpaired) electrons. The molecule has 0 aliphatic heterocycles. The normalized spacial score (nSPS) is 14.2. The van der Waals surface area contributed by atoms with Crippen LogP contribution in [0.1, 0.15) is 37.6 Å². The van der Waals surface area contributed by atoms with Crippen molar-refractivity contribution in [3.8, 4) is 0 Å². The molecule has 0 aliphatic carbocycles. The Labute approximate surface area is 141 Å². The topological polar surface area (TPSA) is 86.6 Å². The number of hydrogen-bond donors (Lipinski definition) is 3. The number of nitrogens with one attached hydrogen (secondary N) is 1. The van der Waals surface area contributed by atoms with E-state index < -0.39 is 17.4 Å². The average molecular weight is 342 g/mol. The summed E-state index contributed by atoms with van der Waals surface area (Å²) < 4.78 is 0. The van der Waals surface area contributed by atoms with Crippen LogP contribution in [0.5, 0.6) is 0 Å². The van der Waals surface area contributed by atoms with Gasteiger partial charge in [-0.05, 0) is 18.1 Å². The van der Waals surface area contributed by atoms with Crippen molar-refractivity contribution < 1.29 is 19.8 Å². The third-order valence-corrected chi connectivity index (χ3v) is 3.94. The Morgan fingerprint density at radius 2 is 2.00 bits per heavy atom. The number of amides is 1. The predicted molar refractivity (Wildman–Crippen MR) is 89.4 cm³/mol. The number of rotatable bonds is 8. The minimum absolute atomic E-state index is 0.0505. The van der Waals surface area contributed by atoms with E-state index in [4.69, 9.17) is 16.7 Å². The van der Waals surface area contributed by atoms with E-state index in [9.17, 15) is 14.7 Å². The van der Waals surface area contributed by atoms with E-state index in [2.05, 4.69) is 5.32 Å². The van der Waals surface area contributed by atoms with E-state index >= 15 is 0 Å². The Morgan fingerprint density at radius 1 is 1.35 bits per heavy atom. The molecule has 0 aromatic heterocycles. The number of Topliss-reactive ketones (excluding diaryl/α,β-unsaturated/α-hetero) is 1. The minimum atomic E-state index is -1.30. The first kappa shape index (κ1) is 19.6. The van der Waals surface area contributed by atoms with Gasteiger partial charge >= 0.3 is 0 Å². The first-order valence-corrected chi connectivity index (χ1v) is 7.90. The fourth-order valence-electron chi connectivity index (χ4n) is 1.98. The summed E-state index contributed by atoms with van der Waals surface area (Å²) in [4.78, 5) is 24.0. The lowest BCUT2D eigenvalue weighted by Gasteiger charge is -2.27. The maximum absolute atomic E-state index is 12.1. The molecule has 0 saturated heterocycles. The maximum Gasteiger partial charge on any atom is 0.249 e. The lowest BCUT2D eigenvalue weighted by Crippen LogP contribution is -2.46. The first-order chi connectivity index (χ1) is 10.7. The molecule has 0 aliphatic rings. The van der Waals surface area contributed by atoms with Crippen LogP contribution in [0.3, 0.4) is 0 Å². The Balaban J connectivity index is 2.49. The third kappa shape index (κ3) is 5.94. The van der Waals surface area contributed by atoms with Crippen molar-refractivity contribution in [2.45, 2.75) is 33.3 Å². The van der Waals surface area contributed by atoms with E-state index in [0.29, 0.717) is 10.6 Å². The van der Waals surface area contributed by atoms with Gasteiger partial charge in [-0.15, -0.1) is 0 Å². The van der Waals surface area contributed by atoms with Crippen LogP contribution in [-0.2, 0) is 4.79 Å². The lowest BCUT2D eigenvalue weighted by atomic mass is 9.87.